The molecule has 0 aromatic heterocycles. The molecule has 0 atom stereocenters. The van der Waals surface area contributed by atoms with Crippen molar-refractivity contribution in [3.05, 3.63) is 0 Å². The minimum absolute atomic E-state index is 0. The molecule has 0 aliphatic rings. The Balaban J connectivity index is 0. The van der Waals surface area contributed by atoms with E-state index in [1.807, 2.05) is 0 Å². The van der Waals surface area contributed by atoms with Crippen LogP contribution in [0.5, 0.6) is 0 Å². The second-order valence-electron chi connectivity index (χ2n) is 0.105. The molecular formula is H5N2OP. The maximum absolute atomic E-state index is 8.68. The standard InChI is InChI=1S/H2NOP.H3N/c1-3-2;/h(H2,1,2);1H3. The lowest BCUT2D eigenvalue weighted by Crippen LogP contribution is -1.51. The van der Waals surface area contributed by atoms with Gasteiger partial charge < -0.3 is 6.15 Å². The largest absolute Gasteiger partial charge is 0.344 e. The average Bonchev–Trinajstić information content (AvgIpc) is 0.918. The molecule has 0 aliphatic heterocycles. The van der Waals surface area contributed by atoms with Crippen LogP contribution < -0.4 is 11.7 Å². The van der Waals surface area contributed by atoms with Gasteiger partial charge in [0.1, 0.15) is 0 Å². The fraction of sp³-hybridized carbons (Fsp3) is 0. The molecule has 0 saturated carbocycles. The van der Waals surface area contributed by atoms with Gasteiger partial charge in [0, 0.05) is 0 Å². The van der Waals surface area contributed by atoms with Crippen LogP contribution in [0, 0.1) is 0 Å². The van der Waals surface area contributed by atoms with Crippen LogP contribution in [0.15, 0.2) is 0 Å². The lowest BCUT2D eigenvalue weighted by molar-refractivity contribution is 0.599. The minimum Gasteiger partial charge on any atom is -0.344 e. The van der Waals surface area contributed by atoms with E-state index >= 15 is 0 Å². The molecule has 0 aromatic carbocycles. The molecule has 0 aromatic rings. The van der Waals surface area contributed by atoms with Gasteiger partial charge in [-0.2, -0.15) is 0 Å². The van der Waals surface area contributed by atoms with Crippen molar-refractivity contribution in [2.24, 2.45) is 5.50 Å². The zero-order chi connectivity index (χ0) is 2.71. The van der Waals surface area contributed by atoms with Gasteiger partial charge in [0.25, 0.3) is 0 Å². The fourth-order valence-corrected chi connectivity index (χ4v) is 0. The molecule has 0 radical (unpaired) electrons. The normalized spacial score (nSPS) is 5.25. The molecule has 0 saturated heterocycles. The van der Waals surface area contributed by atoms with Crippen molar-refractivity contribution in [1.29, 1.82) is 0 Å². The summed E-state index contributed by atoms with van der Waals surface area (Å²) in [5, 5.41) is 0. The zero-order valence-electron chi connectivity index (χ0n) is 2.14. The maximum Gasteiger partial charge on any atom is 0.242 e. The molecule has 0 bridgehead atoms. The summed E-state index contributed by atoms with van der Waals surface area (Å²) < 4.78 is 8.68. The lowest BCUT2D eigenvalue weighted by Gasteiger charge is -1.25. The predicted molar refractivity (Wildman–Crippen MR) is 16.8 cm³/mol. The van der Waals surface area contributed by atoms with E-state index in [4.69, 9.17) is 4.57 Å². The summed E-state index contributed by atoms with van der Waals surface area (Å²) in [5.74, 6) is 0. The van der Waals surface area contributed by atoms with E-state index in [-0.39, 0.29) is 14.8 Å². The Labute approximate surface area is 26.0 Å². The molecule has 5 N–H and O–H groups in total. The smallest absolute Gasteiger partial charge is 0.242 e. The summed E-state index contributed by atoms with van der Waals surface area (Å²) in [6, 6.07) is 0. The molecule has 0 fully saturated rings. The van der Waals surface area contributed by atoms with Gasteiger partial charge in [-0.15, -0.1) is 0 Å². The van der Waals surface area contributed by atoms with Crippen molar-refractivity contribution in [1.82, 2.24) is 6.15 Å². The van der Waals surface area contributed by atoms with E-state index in [1.165, 1.54) is 0 Å². The summed E-state index contributed by atoms with van der Waals surface area (Å²) >= 11 is 0. The first-order valence-corrected chi connectivity index (χ1v) is 1.32. The summed E-state index contributed by atoms with van der Waals surface area (Å²) in [7, 11) is -0.333. The Kier molecular flexibility index (Phi) is 26.6. The van der Waals surface area contributed by atoms with E-state index in [9.17, 15) is 0 Å². The number of hydrogen-bond acceptors (Lipinski definition) is 2. The summed E-state index contributed by atoms with van der Waals surface area (Å²) in [6.07, 6.45) is 0. The predicted octanol–water partition coefficient (Wildman–Crippen LogP) is 0.314. The monoisotopic (exact) mass is 80.0 g/mol. The van der Waals surface area contributed by atoms with Gasteiger partial charge in [0.15, 0.2) is 0 Å². The van der Waals surface area contributed by atoms with Gasteiger partial charge >= 0.3 is 0 Å². The summed E-state index contributed by atoms with van der Waals surface area (Å²) in [6.45, 7) is 0. The molecule has 4 heavy (non-hydrogen) atoms. The highest BCUT2D eigenvalue weighted by Gasteiger charge is 1.25. The van der Waals surface area contributed by atoms with Crippen molar-refractivity contribution in [2.75, 3.05) is 0 Å². The van der Waals surface area contributed by atoms with Crippen LogP contribution in [0.3, 0.4) is 0 Å². The lowest BCUT2D eigenvalue weighted by atomic mass is 13.9. The van der Waals surface area contributed by atoms with E-state index in [0.717, 1.165) is 0 Å². The van der Waals surface area contributed by atoms with Crippen molar-refractivity contribution in [3.8, 4) is 0 Å². The zero-order valence-corrected chi connectivity index (χ0v) is 3.03. The third kappa shape index (κ3) is 5250. The second-order valence-corrected chi connectivity index (χ2v) is 0.316. The number of rotatable bonds is 0. The first-order chi connectivity index (χ1) is 1.41. The van der Waals surface area contributed by atoms with Gasteiger partial charge in [-0.3, -0.25) is 10.1 Å². The third-order valence-corrected chi connectivity index (χ3v) is 0. The van der Waals surface area contributed by atoms with Crippen molar-refractivity contribution in [3.63, 3.8) is 0 Å². The molecule has 0 spiro atoms. The SMILES string of the molecule is N.NP=O. The number of hydrogen-bond donors (Lipinski definition) is 2. The van der Waals surface area contributed by atoms with E-state index in [2.05, 4.69) is 5.50 Å². The summed E-state index contributed by atoms with van der Waals surface area (Å²) in [5.41, 5.74) is 4.26. The Morgan fingerprint density at radius 2 is 1.75 bits per heavy atom. The van der Waals surface area contributed by atoms with Crippen LogP contribution in [0.2, 0.25) is 0 Å². The molecular weight excluding hydrogens is 75.0 g/mol. The van der Waals surface area contributed by atoms with E-state index < -0.39 is 0 Å². The van der Waals surface area contributed by atoms with E-state index in [0.29, 0.717) is 0 Å². The van der Waals surface area contributed by atoms with Crippen LogP contribution in [-0.4, -0.2) is 0 Å². The molecule has 0 amide bonds. The van der Waals surface area contributed by atoms with Gasteiger partial charge in [-0.25, -0.2) is 0 Å². The molecule has 0 aliphatic carbocycles. The molecule has 0 rings (SSSR count). The van der Waals surface area contributed by atoms with Crippen molar-refractivity contribution >= 4 is 8.61 Å². The van der Waals surface area contributed by atoms with Crippen molar-refractivity contribution in [2.45, 2.75) is 0 Å². The third-order valence-electron chi connectivity index (χ3n) is 0. The van der Waals surface area contributed by atoms with Gasteiger partial charge in [0.2, 0.25) is 8.61 Å². The Morgan fingerprint density at radius 3 is 1.75 bits per heavy atom. The highest BCUT2D eigenvalue weighted by Crippen LogP contribution is 1.55. The minimum atomic E-state index is -0.333. The van der Waals surface area contributed by atoms with Crippen molar-refractivity contribution < 1.29 is 4.57 Å². The highest BCUT2D eigenvalue weighted by molar-refractivity contribution is 7.20. The van der Waals surface area contributed by atoms with Crippen LogP contribution in [0.25, 0.3) is 0 Å². The topological polar surface area (TPSA) is 78.1 Å². The number of nitrogens with two attached hydrogens (primary N) is 1. The molecule has 0 heterocycles. The first-order valence-electron chi connectivity index (χ1n) is 0.441. The molecule has 3 nitrogen and oxygen atoms in total. The highest BCUT2D eigenvalue weighted by atomic mass is 31.1. The Hall–Kier alpha value is 0.0200. The van der Waals surface area contributed by atoms with Crippen LogP contribution in [0.1, 0.15) is 0 Å². The quantitative estimate of drug-likeness (QED) is 0.411. The van der Waals surface area contributed by atoms with Crippen LogP contribution in [-0.2, 0) is 4.57 Å². The fourth-order valence-electron chi connectivity index (χ4n) is 0. The first kappa shape index (κ1) is 8.99. The Morgan fingerprint density at radius 1 is 1.75 bits per heavy atom. The van der Waals surface area contributed by atoms with Gasteiger partial charge in [-0.1, -0.05) is 0 Å². The summed E-state index contributed by atoms with van der Waals surface area (Å²) in [4.78, 5) is 0. The van der Waals surface area contributed by atoms with Crippen LogP contribution >= 0.6 is 8.61 Å². The molecule has 0 unspecified atom stereocenters. The van der Waals surface area contributed by atoms with Gasteiger partial charge in [-0.05, 0) is 0 Å². The average molecular weight is 80.0 g/mol. The molecule has 4 heteroatoms. The second kappa shape index (κ2) is 11.8. The van der Waals surface area contributed by atoms with Crippen LogP contribution in [0.4, 0.5) is 0 Å². The van der Waals surface area contributed by atoms with E-state index in [1.54, 1.807) is 0 Å². The maximum atomic E-state index is 8.68. The Bertz CT molecular complexity index is 13.5. The van der Waals surface area contributed by atoms with Gasteiger partial charge in [0.05, 0.1) is 0 Å². The molecule has 26 valence electrons.